The number of hydrogen-bond donors (Lipinski definition) is 0. The number of carbonyl (C=O) groups is 2. The maximum atomic E-state index is 12.4. The molecular weight excluding hydrogens is 270 g/mol. The first-order valence-electron chi connectivity index (χ1n) is 7.08. The second kappa shape index (κ2) is 8.29. The summed E-state index contributed by atoms with van der Waals surface area (Å²) in [5.41, 5.74) is 0.449. The molecular formula is C16H23NO4. The summed E-state index contributed by atoms with van der Waals surface area (Å²) in [6, 6.07) is 7.04. The lowest BCUT2D eigenvalue weighted by Gasteiger charge is -2.18. The molecule has 1 aromatic rings. The van der Waals surface area contributed by atoms with Crippen molar-refractivity contribution in [1.82, 2.24) is 4.90 Å². The van der Waals surface area contributed by atoms with Crippen LogP contribution in [0.3, 0.4) is 0 Å². The van der Waals surface area contributed by atoms with Crippen molar-refractivity contribution >= 4 is 11.9 Å². The summed E-state index contributed by atoms with van der Waals surface area (Å²) in [5.74, 6) is 0.216. The average molecular weight is 293 g/mol. The smallest absolute Gasteiger partial charge is 0.325 e. The van der Waals surface area contributed by atoms with Crippen LogP contribution in [0.25, 0.3) is 0 Å². The zero-order valence-corrected chi connectivity index (χ0v) is 13.1. The van der Waals surface area contributed by atoms with Gasteiger partial charge in [0, 0.05) is 7.05 Å². The molecule has 0 atom stereocenters. The third-order valence-corrected chi connectivity index (χ3v) is 2.71. The summed E-state index contributed by atoms with van der Waals surface area (Å²) in [6.45, 7) is 6.56. The number of amides is 1. The Balaban J connectivity index is 2.79. The fraction of sp³-hybridized carbons (Fsp3) is 0.500. The van der Waals surface area contributed by atoms with E-state index in [1.807, 2.05) is 19.9 Å². The maximum absolute atomic E-state index is 12.4. The number of rotatable bonds is 7. The van der Waals surface area contributed by atoms with Gasteiger partial charge in [-0.25, -0.2) is 0 Å². The van der Waals surface area contributed by atoms with Crippen LogP contribution < -0.4 is 4.74 Å². The van der Waals surface area contributed by atoms with Gasteiger partial charge in [-0.15, -0.1) is 0 Å². The number of para-hydroxylation sites is 1. The number of benzene rings is 1. The fourth-order valence-corrected chi connectivity index (χ4v) is 1.70. The Labute approximate surface area is 125 Å². The molecule has 0 saturated heterocycles. The van der Waals surface area contributed by atoms with E-state index in [-0.39, 0.29) is 12.5 Å². The molecule has 0 aromatic heterocycles. The summed E-state index contributed by atoms with van der Waals surface area (Å²) >= 11 is 0. The summed E-state index contributed by atoms with van der Waals surface area (Å²) in [6.07, 6.45) is 0. The highest BCUT2D eigenvalue weighted by atomic mass is 16.5. The van der Waals surface area contributed by atoms with E-state index in [1.165, 1.54) is 4.90 Å². The largest absolute Gasteiger partial charge is 0.492 e. The van der Waals surface area contributed by atoms with Gasteiger partial charge in [0.15, 0.2) is 0 Å². The molecule has 1 amide bonds. The minimum Gasteiger partial charge on any atom is -0.492 e. The van der Waals surface area contributed by atoms with E-state index in [0.29, 0.717) is 30.4 Å². The predicted molar refractivity (Wildman–Crippen MR) is 80.4 cm³/mol. The fourth-order valence-electron chi connectivity index (χ4n) is 1.70. The van der Waals surface area contributed by atoms with Crippen molar-refractivity contribution < 1.29 is 19.1 Å². The molecule has 1 rings (SSSR count). The van der Waals surface area contributed by atoms with Crippen LogP contribution in [0.1, 0.15) is 31.1 Å². The van der Waals surface area contributed by atoms with Crippen molar-refractivity contribution in [2.45, 2.75) is 20.8 Å². The number of nitrogens with zero attached hydrogens (tertiary/aromatic N) is 1. The summed E-state index contributed by atoms with van der Waals surface area (Å²) in [7, 11) is 1.57. The molecule has 0 bridgehead atoms. The van der Waals surface area contributed by atoms with Crippen LogP contribution in [0.4, 0.5) is 0 Å². The van der Waals surface area contributed by atoms with Gasteiger partial charge in [0.1, 0.15) is 12.3 Å². The Bertz CT molecular complexity index is 485. The van der Waals surface area contributed by atoms with Crippen LogP contribution in [0.15, 0.2) is 24.3 Å². The maximum Gasteiger partial charge on any atom is 0.325 e. The molecule has 0 heterocycles. The number of carbonyl (C=O) groups excluding carboxylic acids is 2. The normalized spacial score (nSPS) is 10.3. The van der Waals surface area contributed by atoms with E-state index < -0.39 is 5.97 Å². The second-order valence-electron chi connectivity index (χ2n) is 5.17. The Morgan fingerprint density at radius 2 is 1.90 bits per heavy atom. The molecule has 0 saturated carbocycles. The number of likely N-dealkylation sites (N-methyl/N-ethyl adjacent to an activating group) is 1. The van der Waals surface area contributed by atoms with Crippen LogP contribution in [-0.2, 0) is 9.53 Å². The van der Waals surface area contributed by atoms with Crippen molar-refractivity contribution in [1.29, 1.82) is 0 Å². The number of ether oxygens (including phenoxy) is 2. The molecule has 1 aromatic carbocycles. The van der Waals surface area contributed by atoms with Crippen molar-refractivity contribution in [3.8, 4) is 5.75 Å². The molecule has 0 aliphatic heterocycles. The van der Waals surface area contributed by atoms with Crippen molar-refractivity contribution in [2.75, 3.05) is 26.8 Å². The van der Waals surface area contributed by atoms with Gasteiger partial charge in [0.2, 0.25) is 0 Å². The Kier molecular flexibility index (Phi) is 6.72. The standard InChI is InChI=1S/C16H23NO4/c1-5-20-15(18)10-17(4)16(19)13-8-6-7-9-14(13)21-11-12(2)3/h6-9,12H,5,10-11H2,1-4H3. The van der Waals surface area contributed by atoms with Gasteiger partial charge >= 0.3 is 5.97 Å². The molecule has 0 unspecified atom stereocenters. The van der Waals surface area contributed by atoms with Crippen LogP contribution in [0.5, 0.6) is 5.75 Å². The lowest BCUT2D eigenvalue weighted by Crippen LogP contribution is -2.33. The van der Waals surface area contributed by atoms with Gasteiger partial charge < -0.3 is 14.4 Å². The lowest BCUT2D eigenvalue weighted by molar-refractivity contribution is -0.143. The highest BCUT2D eigenvalue weighted by molar-refractivity contribution is 5.98. The first-order chi connectivity index (χ1) is 9.95. The Morgan fingerprint density at radius 1 is 1.24 bits per heavy atom. The molecule has 0 N–H and O–H groups in total. The molecule has 0 fully saturated rings. The van der Waals surface area contributed by atoms with Gasteiger partial charge in [0.25, 0.3) is 5.91 Å². The van der Waals surface area contributed by atoms with Gasteiger partial charge in [-0.2, -0.15) is 0 Å². The lowest BCUT2D eigenvalue weighted by atomic mass is 10.1. The SMILES string of the molecule is CCOC(=O)CN(C)C(=O)c1ccccc1OCC(C)C. The zero-order chi connectivity index (χ0) is 15.8. The van der Waals surface area contributed by atoms with Crippen LogP contribution in [0.2, 0.25) is 0 Å². The minimum atomic E-state index is -0.422. The number of esters is 1. The molecule has 116 valence electrons. The van der Waals surface area contributed by atoms with Crippen molar-refractivity contribution in [3.63, 3.8) is 0 Å². The average Bonchev–Trinajstić information content (AvgIpc) is 2.44. The zero-order valence-electron chi connectivity index (χ0n) is 13.1. The highest BCUT2D eigenvalue weighted by Gasteiger charge is 2.19. The summed E-state index contributed by atoms with van der Waals surface area (Å²) in [5, 5.41) is 0. The molecule has 0 radical (unpaired) electrons. The molecule has 0 aliphatic carbocycles. The molecule has 21 heavy (non-hydrogen) atoms. The summed E-state index contributed by atoms with van der Waals surface area (Å²) in [4.78, 5) is 25.2. The molecule has 5 nitrogen and oxygen atoms in total. The van der Waals surface area contributed by atoms with Crippen LogP contribution in [-0.4, -0.2) is 43.6 Å². The van der Waals surface area contributed by atoms with E-state index >= 15 is 0 Å². The number of hydrogen-bond acceptors (Lipinski definition) is 4. The first-order valence-corrected chi connectivity index (χ1v) is 7.08. The Hall–Kier alpha value is -2.04. The van der Waals surface area contributed by atoms with Gasteiger partial charge in [-0.3, -0.25) is 9.59 Å². The molecule has 0 spiro atoms. The predicted octanol–water partition coefficient (Wildman–Crippen LogP) is 2.36. The van der Waals surface area contributed by atoms with Crippen molar-refractivity contribution in [2.24, 2.45) is 5.92 Å². The van der Waals surface area contributed by atoms with Crippen LogP contribution >= 0.6 is 0 Å². The van der Waals surface area contributed by atoms with E-state index in [0.717, 1.165) is 0 Å². The highest BCUT2D eigenvalue weighted by Crippen LogP contribution is 2.20. The molecule has 5 heteroatoms. The van der Waals surface area contributed by atoms with Gasteiger partial charge in [0.05, 0.1) is 18.8 Å². The second-order valence-corrected chi connectivity index (χ2v) is 5.17. The van der Waals surface area contributed by atoms with Gasteiger partial charge in [-0.1, -0.05) is 26.0 Å². The third kappa shape index (κ3) is 5.45. The van der Waals surface area contributed by atoms with Gasteiger partial charge in [-0.05, 0) is 25.0 Å². The van der Waals surface area contributed by atoms with E-state index in [4.69, 9.17) is 9.47 Å². The summed E-state index contributed by atoms with van der Waals surface area (Å²) < 4.78 is 10.5. The van der Waals surface area contributed by atoms with Crippen LogP contribution in [0, 0.1) is 5.92 Å². The quantitative estimate of drug-likeness (QED) is 0.724. The first kappa shape index (κ1) is 17.0. The van der Waals surface area contributed by atoms with E-state index in [1.54, 1.807) is 32.2 Å². The minimum absolute atomic E-state index is 0.0782. The third-order valence-electron chi connectivity index (χ3n) is 2.71. The Morgan fingerprint density at radius 3 is 2.52 bits per heavy atom. The molecule has 0 aliphatic rings. The van der Waals surface area contributed by atoms with Crippen molar-refractivity contribution in [3.05, 3.63) is 29.8 Å². The topological polar surface area (TPSA) is 55.8 Å². The van der Waals surface area contributed by atoms with E-state index in [9.17, 15) is 9.59 Å². The monoisotopic (exact) mass is 293 g/mol. The van der Waals surface area contributed by atoms with E-state index in [2.05, 4.69) is 0 Å².